The Morgan fingerprint density at radius 3 is 2.40 bits per heavy atom. The van der Waals surface area contributed by atoms with Gasteiger partial charge in [-0.1, -0.05) is 18.2 Å². The average molecular weight is 466 g/mol. The number of rotatable bonds is 5. The zero-order chi connectivity index (χ0) is 24.5. The van der Waals surface area contributed by atoms with Gasteiger partial charge in [0.1, 0.15) is 11.8 Å². The zero-order valence-corrected chi connectivity index (χ0v) is 19.4. The molecule has 0 spiro atoms. The molecule has 2 aromatic heterocycles. The third-order valence-electron chi connectivity index (χ3n) is 6.19. The van der Waals surface area contributed by atoms with Gasteiger partial charge in [-0.3, -0.25) is 15.0 Å². The Hall–Kier alpha value is -4.48. The Balaban J connectivity index is 1.61. The van der Waals surface area contributed by atoms with Gasteiger partial charge in [0.2, 0.25) is 5.88 Å². The average Bonchev–Trinajstić information content (AvgIpc) is 3.18. The molecule has 174 valence electrons. The molecule has 0 N–H and O–H groups in total. The van der Waals surface area contributed by atoms with E-state index in [1.54, 1.807) is 18.2 Å². The van der Waals surface area contributed by atoms with Crippen LogP contribution in [0.1, 0.15) is 17.0 Å². The minimum Gasteiger partial charge on any atom is -0.439 e. The first-order valence-electron chi connectivity index (χ1n) is 11.3. The van der Waals surface area contributed by atoms with Crippen LogP contribution in [-0.2, 0) is 13.1 Å². The topological polar surface area (TPSA) is 97.2 Å². The maximum Gasteiger partial charge on any atom is 0.269 e. The number of nitro groups is 1. The molecule has 5 rings (SSSR count). The van der Waals surface area contributed by atoms with Gasteiger partial charge in [-0.15, -0.1) is 0 Å². The van der Waals surface area contributed by atoms with Gasteiger partial charge in [0.05, 0.1) is 21.9 Å². The summed E-state index contributed by atoms with van der Waals surface area (Å²) in [5.41, 5.74) is 5.92. The monoisotopic (exact) mass is 465 g/mol. The normalized spacial score (nSPS) is 13.2. The van der Waals surface area contributed by atoms with Crippen molar-refractivity contribution in [1.82, 2.24) is 14.5 Å². The summed E-state index contributed by atoms with van der Waals surface area (Å²) in [6.07, 6.45) is 0. The minimum atomic E-state index is -0.407. The van der Waals surface area contributed by atoms with Gasteiger partial charge < -0.3 is 9.30 Å². The number of pyridine rings is 1. The number of fused-ring (bicyclic) bond motifs is 1. The van der Waals surface area contributed by atoms with Crippen molar-refractivity contribution in [3.8, 4) is 40.1 Å². The molecule has 35 heavy (non-hydrogen) atoms. The van der Waals surface area contributed by atoms with E-state index in [0.717, 1.165) is 46.9 Å². The van der Waals surface area contributed by atoms with Gasteiger partial charge in [0.25, 0.3) is 5.69 Å². The van der Waals surface area contributed by atoms with Crippen LogP contribution in [0.25, 0.3) is 22.4 Å². The molecule has 0 saturated heterocycles. The number of nitriles is 1. The summed E-state index contributed by atoms with van der Waals surface area (Å²) < 4.78 is 8.08. The molecule has 0 saturated carbocycles. The first kappa shape index (κ1) is 22.3. The van der Waals surface area contributed by atoms with Crippen molar-refractivity contribution in [2.24, 2.45) is 0 Å². The fourth-order valence-corrected chi connectivity index (χ4v) is 4.51. The number of benzene rings is 2. The second-order valence-electron chi connectivity index (χ2n) is 8.59. The third-order valence-corrected chi connectivity index (χ3v) is 6.19. The number of non-ortho nitro benzene ring substituents is 1. The summed E-state index contributed by atoms with van der Waals surface area (Å²) in [6.45, 7) is 4.14. The number of aromatic nitrogens is 2. The van der Waals surface area contributed by atoms with E-state index in [9.17, 15) is 15.4 Å². The van der Waals surface area contributed by atoms with Crippen molar-refractivity contribution >= 4 is 5.69 Å². The number of aryl methyl sites for hydroxylation is 1. The quantitative estimate of drug-likeness (QED) is 0.283. The number of nitro benzene ring substituents is 1. The van der Waals surface area contributed by atoms with Crippen molar-refractivity contribution in [3.63, 3.8) is 0 Å². The summed E-state index contributed by atoms with van der Waals surface area (Å²) in [7, 11) is 2.04. The highest BCUT2D eigenvalue weighted by atomic mass is 16.6. The summed E-state index contributed by atoms with van der Waals surface area (Å²) in [4.78, 5) is 17.3. The van der Waals surface area contributed by atoms with Crippen molar-refractivity contribution < 1.29 is 9.66 Å². The number of likely N-dealkylation sites (N-methyl/N-ethyl adjacent to an activating group) is 1. The second-order valence-corrected chi connectivity index (χ2v) is 8.59. The van der Waals surface area contributed by atoms with E-state index in [4.69, 9.17) is 4.74 Å². The Kier molecular flexibility index (Phi) is 5.77. The van der Waals surface area contributed by atoms with Gasteiger partial charge in [0, 0.05) is 49.1 Å². The fraction of sp³-hybridized carbons (Fsp3) is 0.185. The van der Waals surface area contributed by atoms with E-state index < -0.39 is 4.92 Å². The molecule has 1 aliphatic heterocycles. The molecular weight excluding hydrogens is 442 g/mol. The second kappa shape index (κ2) is 9.05. The molecule has 2 aromatic carbocycles. The molecule has 1 aliphatic rings. The van der Waals surface area contributed by atoms with Crippen LogP contribution in [-0.4, -0.2) is 33.0 Å². The van der Waals surface area contributed by atoms with Crippen LogP contribution in [0.5, 0.6) is 11.6 Å². The van der Waals surface area contributed by atoms with E-state index in [0.29, 0.717) is 23.7 Å². The molecule has 4 aromatic rings. The van der Waals surface area contributed by atoms with Crippen molar-refractivity contribution in [2.75, 3.05) is 13.6 Å². The highest BCUT2D eigenvalue weighted by Crippen LogP contribution is 2.41. The predicted molar refractivity (Wildman–Crippen MR) is 132 cm³/mol. The fourth-order valence-electron chi connectivity index (χ4n) is 4.51. The van der Waals surface area contributed by atoms with Gasteiger partial charge in [-0.25, -0.2) is 4.98 Å². The van der Waals surface area contributed by atoms with Crippen molar-refractivity contribution in [2.45, 2.75) is 20.0 Å². The SMILES string of the molecule is Cc1cccc(Oc2ccc(-c3c(C#N)c4n(c3-c3ccc([N+](=O)[O-])cc3)CCN(C)C4)cc2)n1. The molecule has 0 fully saturated rings. The molecule has 3 heterocycles. The van der Waals surface area contributed by atoms with Crippen molar-refractivity contribution in [1.29, 1.82) is 5.26 Å². The van der Waals surface area contributed by atoms with Crippen LogP contribution in [0.15, 0.2) is 66.7 Å². The van der Waals surface area contributed by atoms with Crippen molar-refractivity contribution in [3.05, 3.63) is 93.8 Å². The molecule has 8 heteroatoms. The van der Waals surface area contributed by atoms with Gasteiger partial charge in [-0.2, -0.15) is 5.26 Å². The highest BCUT2D eigenvalue weighted by Gasteiger charge is 2.28. The Morgan fingerprint density at radius 1 is 1.03 bits per heavy atom. The smallest absolute Gasteiger partial charge is 0.269 e. The van der Waals surface area contributed by atoms with Crippen LogP contribution in [0.3, 0.4) is 0 Å². The van der Waals surface area contributed by atoms with E-state index in [-0.39, 0.29) is 5.69 Å². The van der Waals surface area contributed by atoms with E-state index in [2.05, 4.69) is 20.5 Å². The summed E-state index contributed by atoms with van der Waals surface area (Å²) in [6, 6.07) is 22.2. The van der Waals surface area contributed by atoms with E-state index in [1.165, 1.54) is 12.1 Å². The van der Waals surface area contributed by atoms with Crippen LogP contribution in [0.2, 0.25) is 0 Å². The zero-order valence-electron chi connectivity index (χ0n) is 19.4. The molecule has 8 nitrogen and oxygen atoms in total. The van der Waals surface area contributed by atoms with Gasteiger partial charge in [0.15, 0.2) is 0 Å². The number of hydrogen-bond donors (Lipinski definition) is 0. The number of nitrogens with zero attached hydrogens (tertiary/aromatic N) is 5. The van der Waals surface area contributed by atoms with Gasteiger partial charge in [-0.05, 0) is 55.4 Å². The van der Waals surface area contributed by atoms with Crippen LogP contribution >= 0.6 is 0 Å². The summed E-state index contributed by atoms with van der Waals surface area (Å²) in [5, 5.41) is 21.3. The maximum atomic E-state index is 11.2. The lowest BCUT2D eigenvalue weighted by molar-refractivity contribution is -0.384. The lowest BCUT2D eigenvalue weighted by Gasteiger charge is -2.26. The lowest BCUT2D eigenvalue weighted by Crippen LogP contribution is -2.30. The number of hydrogen-bond acceptors (Lipinski definition) is 6. The standard InChI is InChI=1S/C27H23N5O3/c1-18-4-3-5-25(29-18)35-22-12-8-19(9-13-22)26-23(16-28)24-17-30(2)14-15-31(24)27(26)20-6-10-21(11-7-20)32(33)34/h3-13H,14-15,17H2,1-2H3. The molecule has 0 amide bonds. The molecule has 0 atom stereocenters. The molecule has 0 aliphatic carbocycles. The molecule has 0 radical (unpaired) electrons. The summed E-state index contributed by atoms with van der Waals surface area (Å²) >= 11 is 0. The Labute approximate surface area is 202 Å². The predicted octanol–water partition coefficient (Wildman–Crippen LogP) is 5.54. The van der Waals surface area contributed by atoms with Crippen LogP contribution < -0.4 is 4.74 Å². The Morgan fingerprint density at radius 2 is 1.74 bits per heavy atom. The summed E-state index contributed by atoms with van der Waals surface area (Å²) in [5.74, 6) is 1.16. The first-order valence-corrected chi connectivity index (χ1v) is 11.3. The first-order chi connectivity index (χ1) is 16.9. The molecule has 0 bridgehead atoms. The number of ether oxygens (including phenoxy) is 1. The highest BCUT2D eigenvalue weighted by molar-refractivity contribution is 5.88. The van der Waals surface area contributed by atoms with E-state index in [1.807, 2.05) is 50.4 Å². The lowest BCUT2D eigenvalue weighted by atomic mass is 9.97. The van der Waals surface area contributed by atoms with Crippen LogP contribution in [0.4, 0.5) is 5.69 Å². The minimum absolute atomic E-state index is 0.0345. The van der Waals surface area contributed by atoms with Gasteiger partial charge >= 0.3 is 0 Å². The Bertz CT molecular complexity index is 1450. The maximum absolute atomic E-state index is 11.2. The largest absolute Gasteiger partial charge is 0.439 e. The molecule has 0 unspecified atom stereocenters. The third kappa shape index (κ3) is 4.25. The molecular formula is C27H23N5O3. The van der Waals surface area contributed by atoms with Crippen LogP contribution in [0, 0.1) is 28.4 Å². The van der Waals surface area contributed by atoms with E-state index >= 15 is 0 Å².